The molecule has 0 aliphatic heterocycles. The van der Waals surface area contributed by atoms with Crippen LogP contribution in [0.2, 0.25) is 0 Å². The van der Waals surface area contributed by atoms with Gasteiger partial charge in [0.2, 0.25) is 5.91 Å². The van der Waals surface area contributed by atoms with Gasteiger partial charge in [-0.15, -0.1) is 0 Å². The van der Waals surface area contributed by atoms with Gasteiger partial charge in [0, 0.05) is 6.54 Å². The van der Waals surface area contributed by atoms with Crippen LogP contribution in [-0.4, -0.2) is 12.5 Å². The fourth-order valence-corrected chi connectivity index (χ4v) is 1.18. The summed E-state index contributed by atoms with van der Waals surface area (Å²) in [6.45, 7) is 8.50. The molecule has 1 atom stereocenters. The van der Waals surface area contributed by atoms with Gasteiger partial charge in [0.05, 0.1) is 0 Å². The van der Waals surface area contributed by atoms with Crippen LogP contribution in [0.1, 0.15) is 33.1 Å². The Hall–Kier alpha value is -0.790. The Balaban J connectivity index is 3.56. The first-order chi connectivity index (χ1) is 5.74. The Kier molecular flexibility index (Phi) is 6.44. The molecule has 0 aromatic carbocycles. The highest BCUT2D eigenvalue weighted by atomic mass is 16.1. The van der Waals surface area contributed by atoms with E-state index in [-0.39, 0.29) is 5.91 Å². The smallest absolute Gasteiger partial charge is 0.243 e. The minimum Gasteiger partial charge on any atom is -0.352 e. The van der Waals surface area contributed by atoms with Gasteiger partial charge >= 0.3 is 0 Å². The average Bonchev–Trinajstić information content (AvgIpc) is 2.11. The highest BCUT2D eigenvalue weighted by Gasteiger charge is 2.04. The van der Waals surface area contributed by atoms with Crippen molar-refractivity contribution in [3.8, 4) is 0 Å². The second-order valence-electron chi connectivity index (χ2n) is 3.01. The molecule has 0 fully saturated rings. The fourth-order valence-electron chi connectivity index (χ4n) is 1.18. The van der Waals surface area contributed by atoms with Gasteiger partial charge in [0.15, 0.2) is 0 Å². The van der Waals surface area contributed by atoms with E-state index in [2.05, 4.69) is 25.7 Å². The van der Waals surface area contributed by atoms with Crippen molar-refractivity contribution in [2.75, 3.05) is 6.54 Å². The maximum absolute atomic E-state index is 10.8. The third-order valence-electron chi connectivity index (χ3n) is 2.02. The second kappa shape index (κ2) is 6.89. The van der Waals surface area contributed by atoms with Gasteiger partial charge in [-0.05, 0) is 18.4 Å². The predicted octanol–water partition coefficient (Wildman–Crippen LogP) is 2.11. The average molecular weight is 169 g/mol. The first kappa shape index (κ1) is 11.2. The van der Waals surface area contributed by atoms with Gasteiger partial charge in [-0.2, -0.15) is 0 Å². The molecular weight excluding hydrogens is 150 g/mol. The molecular formula is C10H19NO. The molecule has 0 aromatic rings. The monoisotopic (exact) mass is 169 g/mol. The first-order valence-electron chi connectivity index (χ1n) is 4.64. The number of rotatable bonds is 6. The second-order valence-corrected chi connectivity index (χ2v) is 3.01. The van der Waals surface area contributed by atoms with E-state index in [1.165, 1.54) is 18.9 Å². The normalized spacial score (nSPS) is 12.2. The summed E-state index contributed by atoms with van der Waals surface area (Å²) < 4.78 is 0. The van der Waals surface area contributed by atoms with Crippen LogP contribution in [0.4, 0.5) is 0 Å². The predicted molar refractivity (Wildman–Crippen MR) is 51.9 cm³/mol. The van der Waals surface area contributed by atoms with Crippen molar-refractivity contribution in [3.05, 3.63) is 12.7 Å². The van der Waals surface area contributed by atoms with Crippen molar-refractivity contribution in [1.29, 1.82) is 0 Å². The van der Waals surface area contributed by atoms with Crippen molar-refractivity contribution < 1.29 is 4.79 Å². The molecule has 2 heteroatoms. The molecule has 1 unspecified atom stereocenters. The molecule has 2 nitrogen and oxygen atoms in total. The Morgan fingerprint density at radius 3 is 2.67 bits per heavy atom. The van der Waals surface area contributed by atoms with Crippen molar-refractivity contribution in [1.82, 2.24) is 5.32 Å². The Morgan fingerprint density at radius 1 is 1.58 bits per heavy atom. The number of carbonyl (C=O) groups is 1. The number of carbonyl (C=O) groups excluding carboxylic acids is 1. The van der Waals surface area contributed by atoms with Crippen molar-refractivity contribution >= 4 is 5.91 Å². The van der Waals surface area contributed by atoms with E-state index in [4.69, 9.17) is 0 Å². The molecule has 1 amide bonds. The summed E-state index contributed by atoms with van der Waals surface area (Å²) in [5.41, 5.74) is 0. The lowest BCUT2D eigenvalue weighted by molar-refractivity contribution is -0.116. The van der Waals surface area contributed by atoms with Crippen molar-refractivity contribution in [2.45, 2.75) is 33.1 Å². The third-order valence-corrected chi connectivity index (χ3v) is 2.02. The summed E-state index contributed by atoms with van der Waals surface area (Å²) in [6, 6.07) is 0. The van der Waals surface area contributed by atoms with Crippen LogP contribution in [0.3, 0.4) is 0 Å². The lowest BCUT2D eigenvalue weighted by Crippen LogP contribution is -2.27. The van der Waals surface area contributed by atoms with Crippen LogP contribution in [-0.2, 0) is 4.79 Å². The minimum absolute atomic E-state index is 0.0652. The number of hydrogen-bond donors (Lipinski definition) is 1. The molecule has 0 saturated carbocycles. The summed E-state index contributed by atoms with van der Waals surface area (Å²) in [5.74, 6) is 0.559. The fraction of sp³-hybridized carbons (Fsp3) is 0.700. The van der Waals surface area contributed by atoms with Crippen LogP contribution in [0.25, 0.3) is 0 Å². The topological polar surface area (TPSA) is 29.1 Å². The molecule has 0 bridgehead atoms. The Labute approximate surface area is 75.0 Å². The molecule has 0 spiro atoms. The van der Waals surface area contributed by atoms with Crippen LogP contribution in [0.15, 0.2) is 12.7 Å². The number of nitrogens with one attached hydrogen (secondary N) is 1. The third kappa shape index (κ3) is 4.94. The number of hydrogen-bond acceptors (Lipinski definition) is 1. The van der Waals surface area contributed by atoms with E-state index >= 15 is 0 Å². The van der Waals surface area contributed by atoms with Crippen LogP contribution in [0.5, 0.6) is 0 Å². The van der Waals surface area contributed by atoms with Gasteiger partial charge in [0.1, 0.15) is 0 Å². The van der Waals surface area contributed by atoms with E-state index in [0.717, 1.165) is 13.0 Å². The zero-order chi connectivity index (χ0) is 9.40. The van der Waals surface area contributed by atoms with Crippen LogP contribution < -0.4 is 5.32 Å². The largest absolute Gasteiger partial charge is 0.352 e. The van der Waals surface area contributed by atoms with Crippen LogP contribution in [0, 0.1) is 5.92 Å². The van der Waals surface area contributed by atoms with Gasteiger partial charge < -0.3 is 5.32 Å². The molecule has 0 aliphatic carbocycles. The molecule has 0 saturated heterocycles. The standard InChI is InChI=1S/C10H19NO/c1-4-7-9(5-2)8-11-10(12)6-3/h6,9H,3-5,7-8H2,1-2H3,(H,11,12). The zero-order valence-corrected chi connectivity index (χ0v) is 8.10. The number of amides is 1. The summed E-state index contributed by atoms with van der Waals surface area (Å²) in [6.07, 6.45) is 4.82. The molecule has 1 N–H and O–H groups in total. The maximum Gasteiger partial charge on any atom is 0.243 e. The van der Waals surface area contributed by atoms with E-state index < -0.39 is 0 Å². The lowest BCUT2D eigenvalue weighted by Gasteiger charge is -2.13. The van der Waals surface area contributed by atoms with Gasteiger partial charge in [0.25, 0.3) is 0 Å². The highest BCUT2D eigenvalue weighted by molar-refractivity contribution is 5.86. The van der Waals surface area contributed by atoms with Gasteiger partial charge in [-0.3, -0.25) is 4.79 Å². The summed E-state index contributed by atoms with van der Waals surface area (Å²) in [4.78, 5) is 10.8. The van der Waals surface area contributed by atoms with Gasteiger partial charge in [-0.1, -0.05) is 33.3 Å². The Bertz CT molecular complexity index is 143. The van der Waals surface area contributed by atoms with Crippen molar-refractivity contribution in [2.24, 2.45) is 5.92 Å². The zero-order valence-electron chi connectivity index (χ0n) is 8.10. The maximum atomic E-state index is 10.8. The highest BCUT2D eigenvalue weighted by Crippen LogP contribution is 2.08. The van der Waals surface area contributed by atoms with E-state index in [0.29, 0.717) is 5.92 Å². The van der Waals surface area contributed by atoms with Gasteiger partial charge in [-0.25, -0.2) is 0 Å². The molecule has 0 radical (unpaired) electrons. The molecule has 0 rings (SSSR count). The summed E-state index contributed by atoms with van der Waals surface area (Å²) in [7, 11) is 0. The molecule has 0 aromatic heterocycles. The quantitative estimate of drug-likeness (QED) is 0.606. The van der Waals surface area contributed by atoms with E-state index in [1.807, 2.05) is 0 Å². The summed E-state index contributed by atoms with van der Waals surface area (Å²) in [5, 5.41) is 2.81. The van der Waals surface area contributed by atoms with E-state index in [9.17, 15) is 4.79 Å². The molecule has 12 heavy (non-hydrogen) atoms. The SMILES string of the molecule is C=CC(=O)NCC(CC)CCC. The minimum atomic E-state index is -0.0652. The van der Waals surface area contributed by atoms with Crippen LogP contribution >= 0.6 is 0 Å². The van der Waals surface area contributed by atoms with E-state index in [1.54, 1.807) is 0 Å². The lowest BCUT2D eigenvalue weighted by atomic mass is 10.0. The summed E-state index contributed by atoms with van der Waals surface area (Å²) >= 11 is 0. The Morgan fingerprint density at radius 2 is 2.25 bits per heavy atom. The molecule has 0 aliphatic rings. The molecule has 70 valence electrons. The molecule has 0 heterocycles. The first-order valence-corrected chi connectivity index (χ1v) is 4.64. The van der Waals surface area contributed by atoms with Crippen molar-refractivity contribution in [3.63, 3.8) is 0 Å².